The number of hydrogen-bond donors (Lipinski definition) is 1. The van der Waals surface area contributed by atoms with Crippen LogP contribution in [0.2, 0.25) is 0 Å². The van der Waals surface area contributed by atoms with Gasteiger partial charge in [-0.15, -0.1) is 0 Å². The Bertz CT molecular complexity index is 359. The quantitative estimate of drug-likeness (QED) is 0.779. The molecule has 0 radical (unpaired) electrons. The van der Waals surface area contributed by atoms with Crippen molar-refractivity contribution in [1.82, 2.24) is 2.78 Å². The van der Waals surface area contributed by atoms with Gasteiger partial charge in [0, 0.05) is 13.0 Å². The lowest BCUT2D eigenvalue weighted by atomic mass is 10.4. The molecule has 5 heteroatoms. The molecule has 64 valence electrons. The van der Waals surface area contributed by atoms with Crippen molar-refractivity contribution in [1.29, 1.82) is 0 Å². The first kappa shape index (κ1) is 9.24. The lowest BCUT2D eigenvalue weighted by Gasteiger charge is -2.04. The summed E-state index contributed by atoms with van der Waals surface area (Å²) in [6.45, 7) is 1.40. The Morgan fingerprint density at radius 1 is 1.58 bits per heavy atom. The summed E-state index contributed by atoms with van der Waals surface area (Å²) in [5.74, 6) is 0.307. The number of pyridine rings is 1. The predicted molar refractivity (Wildman–Crippen MR) is 54.4 cm³/mol. The largest absolute Gasteiger partial charge is 0.312 e. The highest BCUT2D eigenvalue weighted by Crippen LogP contribution is 2.06. The van der Waals surface area contributed by atoms with Crippen molar-refractivity contribution in [3.8, 4) is 0 Å². The molecule has 0 aliphatic carbocycles. The fraction of sp³-hybridized carbons (Fsp3) is 0.143. The highest BCUT2D eigenvalue weighted by Gasteiger charge is 2.00. The number of anilines is 1. The van der Waals surface area contributed by atoms with E-state index in [9.17, 15) is 9.59 Å². The minimum Gasteiger partial charge on any atom is -0.312 e. The average molecular weight is 278 g/mol. The van der Waals surface area contributed by atoms with Gasteiger partial charge in [0.05, 0.1) is 22.9 Å². The monoisotopic (exact) mass is 278 g/mol. The van der Waals surface area contributed by atoms with Crippen LogP contribution in [0.4, 0.5) is 5.82 Å². The van der Waals surface area contributed by atoms with Gasteiger partial charge in [-0.2, -0.15) is 0 Å². The van der Waals surface area contributed by atoms with E-state index in [4.69, 9.17) is 0 Å². The normalized spacial score (nSPS) is 9.50. The molecular formula is C7H7IN2O2. The molecule has 0 spiro atoms. The molecule has 0 saturated heterocycles. The fourth-order valence-electron chi connectivity index (χ4n) is 0.742. The second-order valence-corrected chi connectivity index (χ2v) is 3.18. The van der Waals surface area contributed by atoms with Gasteiger partial charge < -0.3 is 5.32 Å². The number of amides is 1. The van der Waals surface area contributed by atoms with Crippen LogP contribution in [0.5, 0.6) is 0 Å². The van der Waals surface area contributed by atoms with Crippen LogP contribution in [0.15, 0.2) is 23.0 Å². The summed E-state index contributed by atoms with van der Waals surface area (Å²) in [5.41, 5.74) is -0.151. The van der Waals surface area contributed by atoms with Crippen molar-refractivity contribution in [3.63, 3.8) is 0 Å². The van der Waals surface area contributed by atoms with E-state index in [1.807, 2.05) is 22.9 Å². The molecule has 0 atom stereocenters. The Labute approximate surface area is 83.1 Å². The Kier molecular flexibility index (Phi) is 2.85. The molecule has 1 aromatic heterocycles. The summed E-state index contributed by atoms with van der Waals surface area (Å²) >= 11 is 1.83. The van der Waals surface area contributed by atoms with Crippen LogP contribution in [0.3, 0.4) is 0 Å². The number of carbonyl (C=O) groups excluding carboxylic acids is 1. The maximum Gasteiger partial charge on any atom is 0.261 e. The van der Waals surface area contributed by atoms with Gasteiger partial charge >= 0.3 is 0 Å². The minimum absolute atomic E-state index is 0.151. The topological polar surface area (TPSA) is 51.1 Å². The SMILES string of the molecule is CC(=O)Nc1cccc(=O)n1I. The van der Waals surface area contributed by atoms with Crippen molar-refractivity contribution in [2.45, 2.75) is 6.92 Å². The third kappa shape index (κ3) is 2.07. The predicted octanol–water partition coefficient (Wildman–Crippen LogP) is 1.00. The van der Waals surface area contributed by atoms with E-state index in [0.717, 1.165) is 0 Å². The Hall–Kier alpha value is -0.850. The van der Waals surface area contributed by atoms with Gasteiger partial charge in [-0.05, 0) is 6.07 Å². The van der Waals surface area contributed by atoms with E-state index < -0.39 is 0 Å². The van der Waals surface area contributed by atoms with Gasteiger partial charge in [0.25, 0.3) is 5.56 Å². The van der Waals surface area contributed by atoms with Crippen LogP contribution in [0.1, 0.15) is 6.92 Å². The van der Waals surface area contributed by atoms with Crippen LogP contribution < -0.4 is 10.9 Å². The number of aromatic nitrogens is 1. The third-order valence-corrected chi connectivity index (χ3v) is 2.20. The average Bonchev–Trinajstić information content (AvgIpc) is 1.98. The van der Waals surface area contributed by atoms with Crippen LogP contribution in [0.25, 0.3) is 0 Å². The molecule has 0 aliphatic rings. The van der Waals surface area contributed by atoms with Gasteiger partial charge in [-0.3, -0.25) is 9.59 Å². The lowest BCUT2D eigenvalue weighted by Crippen LogP contribution is -2.17. The molecule has 1 N–H and O–H groups in total. The van der Waals surface area contributed by atoms with Crippen LogP contribution in [-0.4, -0.2) is 8.69 Å². The zero-order valence-corrected chi connectivity index (χ0v) is 8.53. The molecule has 1 amide bonds. The summed E-state index contributed by atoms with van der Waals surface area (Å²) in [5, 5.41) is 2.53. The lowest BCUT2D eigenvalue weighted by molar-refractivity contribution is -0.114. The fourth-order valence-corrected chi connectivity index (χ4v) is 1.18. The molecule has 1 heterocycles. The van der Waals surface area contributed by atoms with Gasteiger partial charge in [-0.1, -0.05) is 6.07 Å². The number of halogens is 1. The van der Waals surface area contributed by atoms with E-state index in [0.29, 0.717) is 5.82 Å². The second kappa shape index (κ2) is 3.70. The molecule has 4 nitrogen and oxygen atoms in total. The molecular weight excluding hydrogens is 271 g/mol. The first-order chi connectivity index (χ1) is 5.61. The highest BCUT2D eigenvalue weighted by molar-refractivity contribution is 14.1. The molecule has 0 aromatic carbocycles. The van der Waals surface area contributed by atoms with Crippen LogP contribution in [-0.2, 0) is 4.79 Å². The zero-order valence-electron chi connectivity index (χ0n) is 6.37. The molecule has 0 bridgehead atoms. The number of nitrogens with zero attached hydrogens (tertiary/aromatic N) is 1. The number of hydrogen-bond acceptors (Lipinski definition) is 2. The molecule has 0 unspecified atom stereocenters. The van der Waals surface area contributed by atoms with Crippen molar-refractivity contribution >= 4 is 34.6 Å². The van der Waals surface area contributed by atoms with E-state index in [1.165, 1.54) is 15.8 Å². The number of rotatable bonds is 1. The van der Waals surface area contributed by atoms with E-state index in [2.05, 4.69) is 5.32 Å². The maximum atomic E-state index is 11.0. The third-order valence-electron chi connectivity index (χ3n) is 1.20. The van der Waals surface area contributed by atoms with Gasteiger partial charge in [0.1, 0.15) is 5.82 Å². The first-order valence-corrected chi connectivity index (χ1v) is 4.23. The van der Waals surface area contributed by atoms with Crippen LogP contribution in [0, 0.1) is 0 Å². The molecule has 0 aliphatic heterocycles. The molecule has 12 heavy (non-hydrogen) atoms. The molecule has 1 aromatic rings. The van der Waals surface area contributed by atoms with Crippen molar-refractivity contribution in [2.75, 3.05) is 5.32 Å². The Balaban J connectivity index is 3.08. The van der Waals surface area contributed by atoms with Crippen molar-refractivity contribution in [3.05, 3.63) is 28.6 Å². The number of carbonyl (C=O) groups is 1. The molecule has 0 fully saturated rings. The summed E-state index contributed by atoms with van der Waals surface area (Å²) in [4.78, 5) is 21.7. The van der Waals surface area contributed by atoms with Gasteiger partial charge in [0.15, 0.2) is 0 Å². The van der Waals surface area contributed by atoms with Gasteiger partial charge in [-0.25, -0.2) is 2.78 Å². The van der Waals surface area contributed by atoms with Crippen LogP contribution >= 0.6 is 22.9 Å². The number of nitrogens with one attached hydrogen (secondary N) is 1. The maximum absolute atomic E-state index is 11.0. The van der Waals surface area contributed by atoms with E-state index in [-0.39, 0.29) is 11.5 Å². The molecule has 1 rings (SSSR count). The highest BCUT2D eigenvalue weighted by atomic mass is 127. The Morgan fingerprint density at radius 3 is 2.83 bits per heavy atom. The van der Waals surface area contributed by atoms with Crippen molar-refractivity contribution in [2.24, 2.45) is 0 Å². The zero-order chi connectivity index (χ0) is 9.14. The van der Waals surface area contributed by atoms with E-state index >= 15 is 0 Å². The second-order valence-electron chi connectivity index (χ2n) is 2.21. The van der Waals surface area contributed by atoms with Crippen molar-refractivity contribution < 1.29 is 4.79 Å². The summed E-state index contributed by atoms with van der Waals surface area (Å²) in [6, 6.07) is 4.69. The Morgan fingerprint density at radius 2 is 2.25 bits per heavy atom. The van der Waals surface area contributed by atoms with E-state index in [1.54, 1.807) is 12.1 Å². The summed E-state index contributed by atoms with van der Waals surface area (Å²) in [6.07, 6.45) is 0. The minimum atomic E-state index is -0.189. The standard InChI is InChI=1S/C7H7IN2O2/c1-5(11)9-6-3-2-4-7(12)10(6)8/h2-4H,1H3,(H,9,11). The first-order valence-electron chi connectivity index (χ1n) is 3.27. The summed E-state index contributed by atoms with van der Waals surface area (Å²) < 4.78 is 1.35. The summed E-state index contributed by atoms with van der Waals surface area (Å²) in [7, 11) is 0. The van der Waals surface area contributed by atoms with Gasteiger partial charge in [0.2, 0.25) is 5.91 Å². The molecule has 0 saturated carbocycles. The smallest absolute Gasteiger partial charge is 0.261 e.